The second kappa shape index (κ2) is 6.55. The lowest BCUT2D eigenvalue weighted by atomic mass is 10.7. The highest BCUT2D eigenvalue weighted by Gasteiger charge is 2.73. The van der Waals surface area contributed by atoms with Crippen molar-refractivity contribution in [2.75, 3.05) is 7.05 Å². The van der Waals surface area contributed by atoms with E-state index in [0.29, 0.717) is 0 Å². The van der Waals surface area contributed by atoms with E-state index in [0.717, 1.165) is 0 Å². The van der Waals surface area contributed by atoms with E-state index in [-0.39, 0.29) is 0 Å². The molecule has 23 heavy (non-hydrogen) atoms. The van der Waals surface area contributed by atoms with Crippen LogP contribution in [0.25, 0.3) is 0 Å². The van der Waals surface area contributed by atoms with Gasteiger partial charge in [0.15, 0.2) is 0 Å². The number of hydrogen-bond donors (Lipinski definition) is 2. The quantitative estimate of drug-likeness (QED) is 0.674. The van der Waals surface area contributed by atoms with E-state index < -0.39 is 47.0 Å². The zero-order valence-corrected chi connectivity index (χ0v) is 11.9. The topological polar surface area (TPSA) is 106 Å². The minimum Gasteiger partial charge on any atom is -0.333 e. The van der Waals surface area contributed by atoms with Crippen LogP contribution in [0.5, 0.6) is 0 Å². The Morgan fingerprint density at radius 3 is 0.913 bits per heavy atom. The lowest BCUT2D eigenvalue weighted by Gasteiger charge is -2.23. The van der Waals surface area contributed by atoms with Crippen LogP contribution in [-0.4, -0.2) is 46.7 Å². The molecule has 0 atom stereocenters. The predicted molar refractivity (Wildman–Crippen MR) is 53.1 cm³/mol. The Morgan fingerprint density at radius 1 is 0.609 bits per heavy atom. The zero-order valence-electron chi connectivity index (χ0n) is 10.3. The Morgan fingerprint density at radius 2 is 0.783 bits per heavy atom. The molecule has 3 N–H and O–H groups in total. The second-order valence-electron chi connectivity index (χ2n) is 3.12. The molecule has 0 aliphatic heterocycles. The summed E-state index contributed by atoms with van der Waals surface area (Å²) in [6.07, 6.45) is -13.9. The van der Waals surface area contributed by atoms with Crippen molar-refractivity contribution in [3.8, 4) is 0 Å². The fraction of sp³-hybridized carbons (Fsp3) is 1.00. The van der Waals surface area contributed by atoms with Crippen molar-refractivity contribution in [2.45, 2.75) is 22.9 Å². The molecule has 142 valence electrons. The molecule has 0 bridgehead atoms. The number of hydrogen-bond acceptors (Lipinski definition) is 5. The van der Waals surface area contributed by atoms with E-state index in [1.807, 2.05) is 0 Å². The van der Waals surface area contributed by atoms with Crippen molar-refractivity contribution >= 4 is 20.0 Å². The number of alkyl halides is 10. The third-order valence-electron chi connectivity index (χ3n) is 1.55. The first kappa shape index (κ1) is 24.4. The normalized spacial score (nSPS) is 15.0. The van der Waals surface area contributed by atoms with Gasteiger partial charge >= 0.3 is 22.9 Å². The largest absolute Gasteiger partial charge is 0.471 e. The fourth-order valence-electron chi connectivity index (χ4n) is 0.554. The number of rotatable bonds is 4. The lowest BCUT2D eigenvalue weighted by molar-refractivity contribution is -0.242. The maximum absolute atomic E-state index is 12.4. The molecule has 0 spiro atoms. The summed E-state index contributed by atoms with van der Waals surface area (Å²) in [5.74, 6) is 0. The molecule has 0 heterocycles. The molecular weight excluding hydrogens is 406 g/mol. The molecule has 0 aliphatic rings. The summed E-state index contributed by atoms with van der Waals surface area (Å²) in [6, 6.07) is 0. The average Bonchev–Trinajstić information content (AvgIpc) is 2.26. The standard InChI is InChI=1S/C4HF10NO4S2.CH5N/c5-1(6,7)3(11,12)20(16,17)15-21(18,19)4(13,14)2(8,9)10;1-2/h15H;2H2,1H3. The molecule has 0 radical (unpaired) electrons. The molecule has 0 amide bonds. The molecule has 0 saturated heterocycles. The summed E-state index contributed by atoms with van der Waals surface area (Å²) < 4.78 is 160. The van der Waals surface area contributed by atoms with E-state index in [1.54, 1.807) is 0 Å². The van der Waals surface area contributed by atoms with Crippen molar-refractivity contribution in [1.29, 1.82) is 0 Å². The highest BCUT2D eigenvalue weighted by atomic mass is 32.3. The molecule has 0 aromatic carbocycles. The van der Waals surface area contributed by atoms with E-state index >= 15 is 0 Å². The van der Waals surface area contributed by atoms with Crippen LogP contribution in [0.4, 0.5) is 43.9 Å². The molecule has 0 aliphatic carbocycles. The Hall–Kier alpha value is -0.880. The first-order valence-corrected chi connectivity index (χ1v) is 7.42. The van der Waals surface area contributed by atoms with Gasteiger partial charge in [-0.15, -0.1) is 0 Å². The summed E-state index contributed by atoms with van der Waals surface area (Å²) in [5.41, 5.74) is 4.50. The monoisotopic (exact) mass is 412 g/mol. The Balaban J connectivity index is 0. The van der Waals surface area contributed by atoms with Gasteiger partial charge in [0.1, 0.15) is 0 Å². The van der Waals surface area contributed by atoms with Crippen LogP contribution in [0.15, 0.2) is 0 Å². The van der Waals surface area contributed by atoms with Crippen molar-refractivity contribution in [3.63, 3.8) is 0 Å². The minimum atomic E-state index is -7.49. The van der Waals surface area contributed by atoms with Gasteiger partial charge in [-0.3, -0.25) is 0 Å². The van der Waals surface area contributed by atoms with E-state index in [4.69, 9.17) is 0 Å². The lowest BCUT2D eigenvalue weighted by Crippen LogP contribution is -2.57. The van der Waals surface area contributed by atoms with Crippen molar-refractivity contribution in [3.05, 3.63) is 0 Å². The van der Waals surface area contributed by atoms with E-state index in [1.165, 1.54) is 7.05 Å². The van der Waals surface area contributed by atoms with Crippen LogP contribution in [0, 0.1) is 0 Å². The molecule has 0 fully saturated rings. The predicted octanol–water partition coefficient (Wildman–Crippen LogP) is 1.12. The third kappa shape index (κ3) is 4.57. The van der Waals surface area contributed by atoms with Crippen molar-refractivity contribution in [2.24, 2.45) is 5.73 Å². The minimum absolute atomic E-state index is 0.969. The first-order chi connectivity index (χ1) is 9.71. The van der Waals surface area contributed by atoms with Crippen LogP contribution < -0.4 is 9.86 Å². The molecule has 0 aromatic rings. The van der Waals surface area contributed by atoms with Gasteiger partial charge in [0.05, 0.1) is 0 Å². The number of nitrogens with one attached hydrogen (secondary N) is 1. The first-order valence-electron chi connectivity index (χ1n) is 4.45. The van der Waals surface area contributed by atoms with E-state index in [2.05, 4.69) is 5.73 Å². The van der Waals surface area contributed by atoms with Crippen LogP contribution in [-0.2, 0) is 20.0 Å². The number of halogens is 10. The van der Waals surface area contributed by atoms with Gasteiger partial charge < -0.3 is 5.73 Å². The molecule has 18 heteroatoms. The third-order valence-corrected chi connectivity index (χ3v) is 5.12. The summed E-state index contributed by atoms with van der Waals surface area (Å²) in [7, 11) is -13.5. The van der Waals surface area contributed by atoms with Crippen molar-refractivity contribution in [1.82, 2.24) is 4.13 Å². The van der Waals surface area contributed by atoms with Gasteiger partial charge in [-0.1, -0.05) is 4.13 Å². The smallest absolute Gasteiger partial charge is 0.333 e. The summed E-state index contributed by atoms with van der Waals surface area (Å²) in [4.78, 5) is 0. The van der Waals surface area contributed by atoms with Crippen LogP contribution in [0.1, 0.15) is 0 Å². The number of sulfonamides is 2. The molecule has 0 unspecified atom stereocenters. The Bertz CT molecular complexity index is 550. The maximum Gasteiger partial charge on any atom is 0.471 e. The zero-order chi connectivity index (χ0) is 19.7. The highest BCUT2D eigenvalue weighted by molar-refractivity contribution is 8.05. The van der Waals surface area contributed by atoms with Gasteiger partial charge in [-0.25, -0.2) is 16.8 Å². The van der Waals surface area contributed by atoms with Gasteiger partial charge in [0.2, 0.25) is 0 Å². The summed E-state index contributed by atoms with van der Waals surface area (Å²) in [5, 5.41) is -13.9. The van der Waals surface area contributed by atoms with Crippen LogP contribution in [0.3, 0.4) is 0 Å². The summed E-state index contributed by atoms with van der Waals surface area (Å²) >= 11 is 0. The van der Waals surface area contributed by atoms with E-state index in [9.17, 15) is 60.7 Å². The molecule has 0 rings (SSSR count). The highest BCUT2D eigenvalue weighted by Crippen LogP contribution is 2.42. The molecule has 0 aromatic heterocycles. The van der Waals surface area contributed by atoms with Gasteiger partial charge in [-0.05, 0) is 7.05 Å². The maximum atomic E-state index is 12.4. The molecular formula is C5H6F10N2O4S2. The van der Waals surface area contributed by atoms with Crippen LogP contribution in [0.2, 0.25) is 0 Å². The molecule has 6 nitrogen and oxygen atoms in total. The fourth-order valence-corrected chi connectivity index (χ4v) is 3.16. The average molecular weight is 412 g/mol. The Kier molecular flexibility index (Phi) is 6.94. The SMILES string of the molecule is CN.O=S(=O)(NS(=O)(=O)C(F)(F)C(F)(F)F)C(F)(F)C(F)(F)F. The Labute approximate surface area is 121 Å². The van der Waals surface area contributed by atoms with Gasteiger partial charge in [-0.2, -0.15) is 43.9 Å². The van der Waals surface area contributed by atoms with Gasteiger partial charge in [0.25, 0.3) is 20.0 Å². The van der Waals surface area contributed by atoms with Crippen molar-refractivity contribution < 1.29 is 60.7 Å². The number of nitrogens with two attached hydrogens (primary N) is 1. The van der Waals surface area contributed by atoms with Crippen LogP contribution >= 0.6 is 0 Å². The summed E-state index contributed by atoms with van der Waals surface area (Å²) in [6.45, 7) is 0. The van der Waals surface area contributed by atoms with Gasteiger partial charge in [0, 0.05) is 0 Å². The second-order valence-corrected chi connectivity index (χ2v) is 6.83. The molecule has 0 saturated carbocycles.